The third-order valence-electron chi connectivity index (χ3n) is 5.16. The van der Waals surface area contributed by atoms with Crippen molar-refractivity contribution in [2.24, 2.45) is 0 Å². The molecule has 1 aromatic heterocycles. The van der Waals surface area contributed by atoms with E-state index in [2.05, 4.69) is 21.7 Å². The zero-order chi connectivity index (χ0) is 23.5. The molecule has 1 atom stereocenters. The number of nitriles is 1. The van der Waals surface area contributed by atoms with Crippen molar-refractivity contribution < 1.29 is 23.8 Å². The van der Waals surface area contributed by atoms with Gasteiger partial charge in [-0.3, -0.25) is 0 Å². The number of urea groups is 1. The maximum Gasteiger partial charge on any atom is 0.338 e. The minimum Gasteiger partial charge on any atom is -0.463 e. The average Bonchev–Trinajstić information content (AvgIpc) is 3.25. The van der Waals surface area contributed by atoms with E-state index in [0.29, 0.717) is 33.3 Å². The molecule has 0 fully saturated rings. The number of carbonyl (C=O) groups excluding carboxylic acids is 2. The summed E-state index contributed by atoms with van der Waals surface area (Å²) in [4.78, 5) is 30.0. The van der Waals surface area contributed by atoms with Gasteiger partial charge in [0.25, 0.3) is 0 Å². The first-order valence-corrected chi connectivity index (χ1v) is 11.3. The van der Waals surface area contributed by atoms with Crippen molar-refractivity contribution in [3.05, 3.63) is 57.9 Å². The van der Waals surface area contributed by atoms with Crippen LogP contribution in [0.4, 0.5) is 4.79 Å². The Morgan fingerprint density at radius 3 is 2.85 bits per heavy atom. The van der Waals surface area contributed by atoms with Gasteiger partial charge >= 0.3 is 12.0 Å². The number of ether oxygens (including phenoxy) is 3. The molecule has 0 aliphatic carbocycles. The molecule has 0 saturated heterocycles. The number of carbonyl (C=O) groups is 2. The molecule has 9 nitrogen and oxygen atoms in total. The van der Waals surface area contributed by atoms with Gasteiger partial charge in [-0.25, -0.2) is 14.6 Å². The Kier molecular flexibility index (Phi) is 6.42. The van der Waals surface area contributed by atoms with Crippen LogP contribution < -0.4 is 20.1 Å². The fraction of sp³-hybridized carbons (Fsp3) is 0.304. The van der Waals surface area contributed by atoms with E-state index in [1.54, 1.807) is 25.1 Å². The maximum absolute atomic E-state index is 13.0. The Labute approximate surface area is 195 Å². The molecule has 2 aliphatic rings. The minimum absolute atomic E-state index is 0.115. The summed E-state index contributed by atoms with van der Waals surface area (Å²) >= 11 is 1.28. The number of rotatable bonds is 6. The molecule has 0 unspecified atom stereocenters. The average molecular weight is 467 g/mol. The Morgan fingerprint density at radius 1 is 1.30 bits per heavy atom. The number of hydrogen-bond donors (Lipinski definition) is 2. The van der Waals surface area contributed by atoms with Gasteiger partial charge in [0, 0.05) is 17.1 Å². The summed E-state index contributed by atoms with van der Waals surface area (Å²) in [5.41, 5.74) is 3.40. The van der Waals surface area contributed by atoms with Crippen molar-refractivity contribution in [1.82, 2.24) is 15.6 Å². The number of aryl methyl sites for hydroxylation is 2. The highest BCUT2D eigenvalue weighted by Gasteiger charge is 2.34. The minimum atomic E-state index is -0.745. The highest BCUT2D eigenvalue weighted by atomic mass is 32.2. The van der Waals surface area contributed by atoms with Gasteiger partial charge in [-0.2, -0.15) is 5.26 Å². The van der Waals surface area contributed by atoms with E-state index >= 15 is 0 Å². The lowest BCUT2D eigenvalue weighted by atomic mass is 9.95. The number of aromatic nitrogens is 1. The smallest absolute Gasteiger partial charge is 0.338 e. The van der Waals surface area contributed by atoms with Gasteiger partial charge in [0.15, 0.2) is 11.5 Å². The predicted molar refractivity (Wildman–Crippen MR) is 120 cm³/mol. The molecule has 0 radical (unpaired) electrons. The van der Waals surface area contributed by atoms with Crippen molar-refractivity contribution in [2.45, 2.75) is 31.8 Å². The van der Waals surface area contributed by atoms with E-state index in [0.717, 1.165) is 11.3 Å². The first kappa shape index (κ1) is 22.5. The molecule has 170 valence electrons. The molecule has 4 rings (SSSR count). The molecule has 2 N–H and O–H groups in total. The number of benzene rings is 1. The van der Waals surface area contributed by atoms with Crippen LogP contribution >= 0.6 is 11.8 Å². The lowest BCUT2D eigenvalue weighted by molar-refractivity contribution is -0.139. The van der Waals surface area contributed by atoms with E-state index in [9.17, 15) is 14.9 Å². The molecule has 2 aliphatic heterocycles. The number of amides is 2. The van der Waals surface area contributed by atoms with Crippen LogP contribution in [0, 0.1) is 25.2 Å². The van der Waals surface area contributed by atoms with Crippen LogP contribution in [0.25, 0.3) is 0 Å². The Morgan fingerprint density at radius 2 is 2.09 bits per heavy atom. The SMILES string of the molecule is CCOC(=O)C1=C(CSc2nc(C)cc(C)c2C#N)NC(=O)N[C@H]1c1ccc2c(c1)OCO2. The van der Waals surface area contributed by atoms with Crippen molar-refractivity contribution in [3.63, 3.8) is 0 Å². The molecule has 2 aromatic rings. The maximum atomic E-state index is 13.0. The number of fused-ring (bicyclic) bond motifs is 1. The summed E-state index contributed by atoms with van der Waals surface area (Å²) in [6.07, 6.45) is 0. The third kappa shape index (κ3) is 4.59. The molecule has 0 spiro atoms. The zero-order valence-corrected chi connectivity index (χ0v) is 19.2. The van der Waals surface area contributed by atoms with Crippen LogP contribution in [0.2, 0.25) is 0 Å². The molecule has 3 heterocycles. The second-order valence-electron chi connectivity index (χ2n) is 7.42. The largest absolute Gasteiger partial charge is 0.463 e. The van der Waals surface area contributed by atoms with Gasteiger partial charge in [-0.15, -0.1) is 0 Å². The number of hydrogen-bond acceptors (Lipinski definition) is 8. The fourth-order valence-electron chi connectivity index (χ4n) is 3.71. The first-order chi connectivity index (χ1) is 15.9. The van der Waals surface area contributed by atoms with Gasteiger partial charge in [0.1, 0.15) is 11.1 Å². The van der Waals surface area contributed by atoms with Crippen LogP contribution in [0.1, 0.15) is 35.3 Å². The van der Waals surface area contributed by atoms with E-state index in [4.69, 9.17) is 14.2 Å². The number of nitrogens with one attached hydrogen (secondary N) is 2. The van der Waals surface area contributed by atoms with E-state index < -0.39 is 18.0 Å². The van der Waals surface area contributed by atoms with Crippen molar-refractivity contribution in [1.29, 1.82) is 5.26 Å². The number of thioether (sulfide) groups is 1. The Bertz CT molecular complexity index is 1200. The first-order valence-electron chi connectivity index (χ1n) is 10.3. The lowest BCUT2D eigenvalue weighted by Crippen LogP contribution is -2.46. The van der Waals surface area contributed by atoms with Gasteiger partial charge in [0.2, 0.25) is 6.79 Å². The molecule has 2 amide bonds. The van der Waals surface area contributed by atoms with Crippen molar-refractivity contribution in [3.8, 4) is 17.6 Å². The van der Waals surface area contributed by atoms with Gasteiger partial charge in [-0.1, -0.05) is 17.8 Å². The van der Waals surface area contributed by atoms with Gasteiger partial charge in [0.05, 0.1) is 23.8 Å². The summed E-state index contributed by atoms with van der Waals surface area (Å²) in [6, 6.07) is 8.08. The molecule has 1 aromatic carbocycles. The van der Waals surface area contributed by atoms with Crippen LogP contribution in [-0.2, 0) is 9.53 Å². The second-order valence-corrected chi connectivity index (χ2v) is 8.38. The van der Waals surface area contributed by atoms with E-state index in [1.165, 1.54) is 11.8 Å². The summed E-state index contributed by atoms with van der Waals surface area (Å²) < 4.78 is 16.1. The van der Waals surface area contributed by atoms with Crippen LogP contribution in [0.3, 0.4) is 0 Å². The Balaban J connectivity index is 1.73. The monoisotopic (exact) mass is 466 g/mol. The van der Waals surface area contributed by atoms with Crippen molar-refractivity contribution in [2.75, 3.05) is 19.2 Å². The summed E-state index contributed by atoms with van der Waals surface area (Å²) in [6.45, 7) is 5.72. The van der Waals surface area contributed by atoms with Gasteiger partial charge in [-0.05, 0) is 50.1 Å². The summed E-state index contributed by atoms with van der Waals surface area (Å²) in [5.74, 6) is 0.809. The molecular formula is C23H22N4O5S. The fourth-order valence-corrected chi connectivity index (χ4v) is 4.78. The molecule has 0 bridgehead atoms. The predicted octanol–water partition coefficient (Wildman–Crippen LogP) is 3.26. The second kappa shape index (κ2) is 9.42. The number of nitrogens with zero attached hydrogens (tertiary/aromatic N) is 2. The highest BCUT2D eigenvalue weighted by Crippen LogP contribution is 2.38. The Hall–Kier alpha value is -3.71. The van der Waals surface area contributed by atoms with Gasteiger partial charge < -0.3 is 24.8 Å². The van der Waals surface area contributed by atoms with Crippen LogP contribution in [0.5, 0.6) is 11.5 Å². The van der Waals surface area contributed by atoms with E-state index in [1.807, 2.05) is 19.9 Å². The lowest BCUT2D eigenvalue weighted by Gasteiger charge is -2.29. The van der Waals surface area contributed by atoms with Crippen molar-refractivity contribution >= 4 is 23.8 Å². The summed E-state index contributed by atoms with van der Waals surface area (Å²) in [5, 5.41) is 15.6. The molecule has 33 heavy (non-hydrogen) atoms. The molecule has 10 heteroatoms. The van der Waals surface area contributed by atoms with Crippen LogP contribution in [-0.4, -0.2) is 36.1 Å². The zero-order valence-electron chi connectivity index (χ0n) is 18.4. The number of esters is 1. The summed E-state index contributed by atoms with van der Waals surface area (Å²) in [7, 11) is 0. The quantitative estimate of drug-likeness (QED) is 0.491. The van der Waals surface area contributed by atoms with E-state index in [-0.39, 0.29) is 24.7 Å². The standard InChI is InChI=1S/C23H22N4O5S/c1-4-30-22(28)19-16(10-33-21-15(9-24)12(2)7-13(3)25-21)26-23(29)27-20(19)14-5-6-17-18(8-14)32-11-31-17/h5-8,20H,4,10-11H2,1-3H3,(H2,26,27,29)/t20-/m0/s1. The number of pyridine rings is 1. The third-order valence-corrected chi connectivity index (χ3v) is 6.16. The normalized spacial score (nSPS) is 16.7. The topological polar surface area (TPSA) is 123 Å². The van der Waals surface area contributed by atoms with Crippen LogP contribution in [0.15, 0.2) is 40.6 Å². The molecular weight excluding hydrogens is 444 g/mol. The highest BCUT2D eigenvalue weighted by molar-refractivity contribution is 7.99. The molecule has 0 saturated carbocycles.